The minimum atomic E-state index is -0.333. The Hall–Kier alpha value is -3.02. The molecular weight excluding hydrogens is 342 g/mol. The van der Waals surface area contributed by atoms with E-state index in [0.717, 1.165) is 23.5 Å². The third-order valence-corrected chi connectivity index (χ3v) is 5.12. The number of amides is 2. The van der Waals surface area contributed by atoms with Crippen LogP contribution in [0.1, 0.15) is 12.0 Å². The Morgan fingerprint density at radius 2 is 2.04 bits per heavy atom. The summed E-state index contributed by atoms with van der Waals surface area (Å²) >= 11 is 0. The normalized spacial score (nSPS) is 18.9. The molecule has 1 unspecified atom stereocenters. The van der Waals surface area contributed by atoms with Crippen molar-refractivity contribution in [3.05, 3.63) is 54.1 Å². The van der Waals surface area contributed by atoms with Crippen LogP contribution in [0.2, 0.25) is 0 Å². The maximum absolute atomic E-state index is 12.6. The van der Waals surface area contributed by atoms with Crippen LogP contribution in [0.25, 0.3) is 0 Å². The smallest absolute Gasteiger partial charge is 0.229 e. The SMILES string of the molecule is CN1CCOc2cc(NC(=O)C3CC(=O)N(Cc4ccccc4)C3)ccc21. The number of nitrogens with zero attached hydrogens (tertiary/aromatic N) is 2. The number of ether oxygens (including phenoxy) is 1. The van der Waals surface area contributed by atoms with E-state index in [1.165, 1.54) is 0 Å². The number of fused-ring (bicyclic) bond motifs is 1. The van der Waals surface area contributed by atoms with Crippen molar-refractivity contribution in [1.82, 2.24) is 4.90 Å². The lowest BCUT2D eigenvalue weighted by Gasteiger charge is -2.28. The summed E-state index contributed by atoms with van der Waals surface area (Å²) in [6.45, 7) is 2.47. The zero-order valence-electron chi connectivity index (χ0n) is 15.4. The maximum atomic E-state index is 12.6. The Bertz CT molecular complexity index is 853. The third-order valence-electron chi connectivity index (χ3n) is 5.12. The molecule has 6 nitrogen and oxygen atoms in total. The fraction of sp³-hybridized carbons (Fsp3) is 0.333. The quantitative estimate of drug-likeness (QED) is 0.904. The largest absolute Gasteiger partial charge is 0.489 e. The predicted octanol–water partition coefficient (Wildman–Crippen LogP) is 2.50. The van der Waals surface area contributed by atoms with Crippen LogP contribution in [0, 0.1) is 5.92 Å². The lowest BCUT2D eigenvalue weighted by Crippen LogP contribution is -2.29. The van der Waals surface area contributed by atoms with Gasteiger partial charge in [-0.1, -0.05) is 30.3 Å². The topological polar surface area (TPSA) is 61.9 Å². The maximum Gasteiger partial charge on any atom is 0.229 e. The minimum Gasteiger partial charge on any atom is -0.489 e. The summed E-state index contributed by atoms with van der Waals surface area (Å²) in [5.74, 6) is 0.341. The van der Waals surface area contributed by atoms with Crippen LogP contribution in [-0.4, -0.2) is 43.5 Å². The molecule has 1 atom stereocenters. The molecule has 2 aliphatic rings. The van der Waals surface area contributed by atoms with Crippen LogP contribution >= 0.6 is 0 Å². The molecule has 1 saturated heterocycles. The lowest BCUT2D eigenvalue weighted by atomic mass is 10.1. The van der Waals surface area contributed by atoms with Crippen LogP contribution in [-0.2, 0) is 16.1 Å². The Morgan fingerprint density at radius 1 is 1.22 bits per heavy atom. The minimum absolute atomic E-state index is 0.0226. The Morgan fingerprint density at radius 3 is 2.85 bits per heavy atom. The third kappa shape index (κ3) is 3.74. The molecule has 1 N–H and O–H groups in total. The van der Waals surface area contributed by atoms with Gasteiger partial charge in [0.1, 0.15) is 12.4 Å². The van der Waals surface area contributed by atoms with Gasteiger partial charge < -0.3 is 19.9 Å². The van der Waals surface area contributed by atoms with E-state index in [-0.39, 0.29) is 24.2 Å². The van der Waals surface area contributed by atoms with Gasteiger partial charge in [0.25, 0.3) is 0 Å². The molecule has 0 aromatic heterocycles. The van der Waals surface area contributed by atoms with Crippen LogP contribution < -0.4 is 15.0 Å². The van der Waals surface area contributed by atoms with E-state index in [2.05, 4.69) is 10.2 Å². The monoisotopic (exact) mass is 365 g/mol. The van der Waals surface area contributed by atoms with E-state index in [1.807, 2.05) is 55.6 Å². The first-order chi connectivity index (χ1) is 13.1. The van der Waals surface area contributed by atoms with Gasteiger partial charge in [0.15, 0.2) is 0 Å². The molecule has 140 valence electrons. The predicted molar refractivity (Wildman–Crippen MR) is 104 cm³/mol. The van der Waals surface area contributed by atoms with E-state index < -0.39 is 0 Å². The highest BCUT2D eigenvalue weighted by Gasteiger charge is 2.34. The number of carbonyl (C=O) groups is 2. The molecule has 2 amide bonds. The summed E-state index contributed by atoms with van der Waals surface area (Å²) in [4.78, 5) is 28.8. The molecule has 0 aliphatic carbocycles. The molecular formula is C21H23N3O3. The first-order valence-corrected chi connectivity index (χ1v) is 9.21. The van der Waals surface area contributed by atoms with Gasteiger partial charge in [0.2, 0.25) is 11.8 Å². The summed E-state index contributed by atoms with van der Waals surface area (Å²) in [7, 11) is 2.02. The average Bonchev–Trinajstić information content (AvgIpc) is 3.03. The molecule has 0 radical (unpaired) electrons. The van der Waals surface area contributed by atoms with Gasteiger partial charge >= 0.3 is 0 Å². The highest BCUT2D eigenvalue weighted by molar-refractivity contribution is 5.97. The molecule has 0 saturated carbocycles. The number of likely N-dealkylation sites (tertiary alicyclic amines) is 1. The summed E-state index contributed by atoms with van der Waals surface area (Å²) in [5.41, 5.74) is 2.79. The number of likely N-dealkylation sites (N-methyl/N-ethyl adjacent to an activating group) is 1. The summed E-state index contributed by atoms with van der Waals surface area (Å²) < 4.78 is 5.69. The second kappa shape index (κ2) is 7.31. The summed E-state index contributed by atoms with van der Waals surface area (Å²) in [5, 5.41) is 2.94. The molecule has 2 aliphatic heterocycles. The van der Waals surface area contributed by atoms with Gasteiger partial charge in [-0.15, -0.1) is 0 Å². The van der Waals surface area contributed by atoms with Gasteiger partial charge in [-0.25, -0.2) is 0 Å². The van der Waals surface area contributed by atoms with E-state index in [9.17, 15) is 9.59 Å². The van der Waals surface area contributed by atoms with Gasteiger partial charge in [0.05, 0.1) is 18.2 Å². The number of hydrogen-bond acceptors (Lipinski definition) is 4. The zero-order valence-corrected chi connectivity index (χ0v) is 15.4. The van der Waals surface area contributed by atoms with Crippen molar-refractivity contribution < 1.29 is 14.3 Å². The number of rotatable bonds is 4. The second-order valence-electron chi connectivity index (χ2n) is 7.10. The van der Waals surface area contributed by atoms with E-state index in [4.69, 9.17) is 4.74 Å². The molecule has 2 aromatic rings. The van der Waals surface area contributed by atoms with Gasteiger partial charge in [0, 0.05) is 38.3 Å². The molecule has 4 rings (SSSR count). The highest BCUT2D eigenvalue weighted by atomic mass is 16.5. The van der Waals surface area contributed by atoms with Crippen molar-refractivity contribution in [3.63, 3.8) is 0 Å². The summed E-state index contributed by atoms with van der Waals surface area (Å²) in [6.07, 6.45) is 0.253. The summed E-state index contributed by atoms with van der Waals surface area (Å²) in [6, 6.07) is 15.5. The number of anilines is 2. The highest BCUT2D eigenvalue weighted by Crippen LogP contribution is 2.33. The number of benzene rings is 2. The molecule has 6 heteroatoms. The number of carbonyl (C=O) groups excluding carboxylic acids is 2. The molecule has 2 heterocycles. The fourth-order valence-electron chi connectivity index (χ4n) is 3.58. The fourth-order valence-corrected chi connectivity index (χ4v) is 3.58. The first kappa shape index (κ1) is 17.4. The van der Waals surface area contributed by atoms with Crippen LogP contribution in [0.15, 0.2) is 48.5 Å². The van der Waals surface area contributed by atoms with Crippen LogP contribution in [0.5, 0.6) is 5.75 Å². The van der Waals surface area contributed by atoms with Gasteiger partial charge in [-0.05, 0) is 17.7 Å². The van der Waals surface area contributed by atoms with Crippen molar-refractivity contribution in [2.24, 2.45) is 5.92 Å². The number of nitrogens with one attached hydrogen (secondary N) is 1. The zero-order chi connectivity index (χ0) is 18.8. The molecule has 1 fully saturated rings. The van der Waals surface area contributed by atoms with Crippen LogP contribution in [0.4, 0.5) is 11.4 Å². The van der Waals surface area contributed by atoms with Crippen molar-refractivity contribution in [1.29, 1.82) is 0 Å². The van der Waals surface area contributed by atoms with Gasteiger partial charge in [-0.3, -0.25) is 9.59 Å². The van der Waals surface area contributed by atoms with Gasteiger partial charge in [-0.2, -0.15) is 0 Å². The standard InChI is InChI=1S/C21H23N3O3/c1-23-9-10-27-19-12-17(7-8-18(19)23)22-21(26)16-11-20(25)24(14-16)13-15-5-3-2-4-6-15/h2-8,12,16H,9-11,13-14H2,1H3,(H,22,26). The number of hydrogen-bond donors (Lipinski definition) is 1. The average molecular weight is 365 g/mol. The molecule has 0 bridgehead atoms. The van der Waals surface area contributed by atoms with Crippen molar-refractivity contribution in [2.45, 2.75) is 13.0 Å². The molecule has 0 spiro atoms. The molecule has 27 heavy (non-hydrogen) atoms. The van der Waals surface area contributed by atoms with E-state index in [0.29, 0.717) is 25.4 Å². The van der Waals surface area contributed by atoms with Crippen molar-refractivity contribution >= 4 is 23.2 Å². The Balaban J connectivity index is 1.40. The van der Waals surface area contributed by atoms with Crippen LogP contribution in [0.3, 0.4) is 0 Å². The van der Waals surface area contributed by atoms with Crippen molar-refractivity contribution in [2.75, 3.05) is 37.0 Å². The second-order valence-corrected chi connectivity index (χ2v) is 7.10. The van der Waals surface area contributed by atoms with Crippen molar-refractivity contribution in [3.8, 4) is 5.75 Å². The molecule has 2 aromatic carbocycles. The Labute approximate surface area is 158 Å². The van der Waals surface area contributed by atoms with E-state index >= 15 is 0 Å². The Kier molecular flexibility index (Phi) is 4.71. The van der Waals surface area contributed by atoms with E-state index in [1.54, 1.807) is 4.90 Å². The lowest BCUT2D eigenvalue weighted by molar-refractivity contribution is -0.128. The first-order valence-electron chi connectivity index (χ1n) is 9.21.